The molecule has 1 saturated carbocycles. The minimum absolute atomic E-state index is 0.0657. The van der Waals surface area contributed by atoms with E-state index in [1.807, 2.05) is 25.9 Å². The van der Waals surface area contributed by atoms with E-state index >= 15 is 0 Å². The largest absolute Gasteiger partial charge is 0.338 e. The first kappa shape index (κ1) is 14.1. The lowest BCUT2D eigenvalue weighted by Gasteiger charge is -2.37. The smallest absolute Gasteiger partial charge is 0.257 e. The van der Waals surface area contributed by atoms with Gasteiger partial charge < -0.3 is 10.6 Å². The molecule has 1 amide bonds. The van der Waals surface area contributed by atoms with E-state index in [1.54, 1.807) is 10.9 Å². The second kappa shape index (κ2) is 5.74. The van der Waals surface area contributed by atoms with Gasteiger partial charge in [-0.2, -0.15) is 5.10 Å². The van der Waals surface area contributed by atoms with Crippen LogP contribution in [0.3, 0.4) is 0 Å². The van der Waals surface area contributed by atoms with Crippen LogP contribution in [0, 0.1) is 12.8 Å². The number of carbonyl (C=O) groups is 1. The summed E-state index contributed by atoms with van der Waals surface area (Å²) in [6.45, 7) is 2.54. The van der Waals surface area contributed by atoms with Crippen molar-refractivity contribution >= 4 is 5.91 Å². The van der Waals surface area contributed by atoms with E-state index in [9.17, 15) is 4.79 Å². The molecule has 1 aliphatic carbocycles. The highest BCUT2D eigenvalue weighted by atomic mass is 16.2. The van der Waals surface area contributed by atoms with Gasteiger partial charge in [0.15, 0.2) is 0 Å². The minimum Gasteiger partial charge on any atom is -0.338 e. The van der Waals surface area contributed by atoms with Gasteiger partial charge >= 0.3 is 0 Å². The number of aryl methyl sites for hydroxylation is 2. The summed E-state index contributed by atoms with van der Waals surface area (Å²) >= 11 is 0. The van der Waals surface area contributed by atoms with E-state index in [0.29, 0.717) is 18.0 Å². The lowest BCUT2D eigenvalue weighted by molar-refractivity contribution is 0.0619. The Bertz CT molecular complexity index is 454. The highest BCUT2D eigenvalue weighted by Crippen LogP contribution is 2.28. The van der Waals surface area contributed by atoms with E-state index in [-0.39, 0.29) is 11.9 Å². The third-order valence-electron chi connectivity index (χ3n) is 4.23. The van der Waals surface area contributed by atoms with Gasteiger partial charge in [-0.15, -0.1) is 0 Å². The molecule has 2 unspecified atom stereocenters. The molecule has 1 aromatic rings. The van der Waals surface area contributed by atoms with Crippen molar-refractivity contribution in [2.45, 2.75) is 38.6 Å². The molecule has 1 fully saturated rings. The lowest BCUT2D eigenvalue weighted by Crippen LogP contribution is -2.46. The van der Waals surface area contributed by atoms with Gasteiger partial charge in [-0.1, -0.05) is 12.8 Å². The van der Waals surface area contributed by atoms with Crippen molar-refractivity contribution in [1.82, 2.24) is 14.7 Å². The van der Waals surface area contributed by atoms with Crippen molar-refractivity contribution in [2.24, 2.45) is 18.7 Å². The number of aromatic nitrogens is 2. The van der Waals surface area contributed by atoms with Crippen LogP contribution < -0.4 is 5.73 Å². The Balaban J connectivity index is 2.16. The fourth-order valence-electron chi connectivity index (χ4n) is 3.12. The van der Waals surface area contributed by atoms with Gasteiger partial charge in [0.25, 0.3) is 5.91 Å². The molecule has 19 heavy (non-hydrogen) atoms. The standard InChI is InChI=1S/C14H24N4O/c1-10-12(9-17(2)16-10)14(19)18(3)13-7-5-4-6-11(13)8-15/h9,11,13H,4-8,15H2,1-3H3. The minimum atomic E-state index is 0.0657. The van der Waals surface area contributed by atoms with Crippen LogP contribution in [0.4, 0.5) is 0 Å². The van der Waals surface area contributed by atoms with Crippen molar-refractivity contribution in [3.63, 3.8) is 0 Å². The molecule has 0 radical (unpaired) electrons. The van der Waals surface area contributed by atoms with E-state index in [1.165, 1.54) is 12.8 Å². The number of hydrogen-bond donors (Lipinski definition) is 1. The van der Waals surface area contributed by atoms with Gasteiger partial charge in [0.1, 0.15) is 0 Å². The maximum Gasteiger partial charge on any atom is 0.257 e. The van der Waals surface area contributed by atoms with Crippen molar-refractivity contribution in [1.29, 1.82) is 0 Å². The monoisotopic (exact) mass is 264 g/mol. The summed E-state index contributed by atoms with van der Waals surface area (Å²) in [5, 5.41) is 4.24. The van der Waals surface area contributed by atoms with Crippen LogP contribution in [0.15, 0.2) is 6.20 Å². The maximum absolute atomic E-state index is 12.6. The summed E-state index contributed by atoms with van der Waals surface area (Å²) in [5.41, 5.74) is 7.34. The predicted molar refractivity (Wildman–Crippen MR) is 74.8 cm³/mol. The fraction of sp³-hybridized carbons (Fsp3) is 0.714. The first-order valence-corrected chi connectivity index (χ1v) is 7.02. The SMILES string of the molecule is Cc1nn(C)cc1C(=O)N(C)C1CCCCC1CN. The highest BCUT2D eigenvalue weighted by Gasteiger charge is 2.31. The van der Waals surface area contributed by atoms with E-state index in [0.717, 1.165) is 18.5 Å². The fourth-order valence-corrected chi connectivity index (χ4v) is 3.12. The van der Waals surface area contributed by atoms with Crippen molar-refractivity contribution < 1.29 is 4.79 Å². The molecule has 0 spiro atoms. The molecular weight excluding hydrogens is 240 g/mol. The Kier molecular flexibility index (Phi) is 4.24. The molecule has 1 aliphatic rings. The molecule has 106 valence electrons. The average Bonchev–Trinajstić information content (AvgIpc) is 2.76. The first-order chi connectivity index (χ1) is 9.04. The molecule has 2 atom stereocenters. The van der Waals surface area contributed by atoms with Gasteiger partial charge in [0, 0.05) is 26.3 Å². The quantitative estimate of drug-likeness (QED) is 0.895. The zero-order valence-corrected chi connectivity index (χ0v) is 12.1. The van der Waals surface area contributed by atoms with Crippen LogP contribution in [0.1, 0.15) is 41.7 Å². The van der Waals surface area contributed by atoms with Crippen LogP contribution in [0.5, 0.6) is 0 Å². The molecule has 2 rings (SSSR count). The third-order valence-corrected chi connectivity index (χ3v) is 4.23. The van der Waals surface area contributed by atoms with Crippen LogP contribution in [-0.2, 0) is 7.05 Å². The molecule has 5 heteroatoms. The number of nitrogens with zero attached hydrogens (tertiary/aromatic N) is 3. The number of rotatable bonds is 3. The van der Waals surface area contributed by atoms with E-state index in [4.69, 9.17) is 5.73 Å². The Labute approximate surface area is 114 Å². The molecule has 2 N–H and O–H groups in total. The summed E-state index contributed by atoms with van der Waals surface area (Å²) in [4.78, 5) is 14.4. The summed E-state index contributed by atoms with van der Waals surface area (Å²) in [6, 6.07) is 0.269. The lowest BCUT2D eigenvalue weighted by atomic mass is 9.83. The van der Waals surface area contributed by atoms with Crippen LogP contribution >= 0.6 is 0 Å². The summed E-state index contributed by atoms with van der Waals surface area (Å²) in [6.07, 6.45) is 6.40. The molecule has 1 aromatic heterocycles. The predicted octanol–water partition coefficient (Wildman–Crippen LogP) is 1.32. The third kappa shape index (κ3) is 2.81. The zero-order valence-electron chi connectivity index (χ0n) is 12.1. The topological polar surface area (TPSA) is 64.2 Å². The van der Waals surface area contributed by atoms with Crippen LogP contribution in [0.2, 0.25) is 0 Å². The molecule has 1 heterocycles. The highest BCUT2D eigenvalue weighted by molar-refractivity contribution is 5.95. The average molecular weight is 264 g/mol. The second-order valence-corrected chi connectivity index (χ2v) is 5.57. The maximum atomic E-state index is 12.6. The summed E-state index contributed by atoms with van der Waals surface area (Å²) in [5.74, 6) is 0.496. The number of hydrogen-bond acceptors (Lipinski definition) is 3. The van der Waals surface area contributed by atoms with Gasteiger partial charge in [-0.25, -0.2) is 0 Å². The van der Waals surface area contributed by atoms with Crippen molar-refractivity contribution in [2.75, 3.05) is 13.6 Å². The first-order valence-electron chi connectivity index (χ1n) is 7.02. The Morgan fingerprint density at radius 1 is 1.53 bits per heavy atom. The van der Waals surface area contributed by atoms with Gasteiger partial charge in [-0.05, 0) is 32.2 Å². The van der Waals surface area contributed by atoms with E-state index in [2.05, 4.69) is 5.10 Å². The molecular formula is C14H24N4O. The summed E-state index contributed by atoms with van der Waals surface area (Å²) in [7, 11) is 3.74. The Morgan fingerprint density at radius 3 is 2.79 bits per heavy atom. The number of nitrogens with two attached hydrogens (primary N) is 1. The molecule has 0 saturated heterocycles. The van der Waals surface area contributed by atoms with Gasteiger partial charge in [0.2, 0.25) is 0 Å². The molecule has 0 aliphatic heterocycles. The van der Waals surface area contributed by atoms with Gasteiger partial charge in [0.05, 0.1) is 11.3 Å². The number of amides is 1. The normalized spacial score (nSPS) is 23.4. The van der Waals surface area contributed by atoms with Crippen LogP contribution in [-0.4, -0.2) is 40.2 Å². The number of carbonyl (C=O) groups excluding carboxylic acids is 1. The zero-order chi connectivity index (χ0) is 14.0. The van der Waals surface area contributed by atoms with Crippen molar-refractivity contribution in [3.8, 4) is 0 Å². The van der Waals surface area contributed by atoms with Crippen molar-refractivity contribution in [3.05, 3.63) is 17.5 Å². The molecule has 0 bridgehead atoms. The Morgan fingerprint density at radius 2 is 2.21 bits per heavy atom. The van der Waals surface area contributed by atoms with Gasteiger partial charge in [-0.3, -0.25) is 9.48 Å². The van der Waals surface area contributed by atoms with Crippen LogP contribution in [0.25, 0.3) is 0 Å². The molecule has 0 aromatic carbocycles. The van der Waals surface area contributed by atoms with E-state index < -0.39 is 0 Å². The second-order valence-electron chi connectivity index (χ2n) is 5.57. The summed E-state index contributed by atoms with van der Waals surface area (Å²) < 4.78 is 1.69. The molecule has 5 nitrogen and oxygen atoms in total. The Hall–Kier alpha value is -1.36.